The predicted molar refractivity (Wildman–Crippen MR) is 126 cm³/mol. The van der Waals surface area contributed by atoms with Gasteiger partial charge in [0.05, 0.1) is 22.7 Å². The van der Waals surface area contributed by atoms with Crippen LogP contribution < -0.4 is 11.1 Å². The molecule has 35 heavy (non-hydrogen) atoms. The van der Waals surface area contributed by atoms with Crippen LogP contribution in [0.2, 0.25) is 0 Å². The average molecular weight is 490 g/mol. The van der Waals surface area contributed by atoms with E-state index in [1.54, 1.807) is 12.1 Å². The molecule has 2 aliphatic rings. The summed E-state index contributed by atoms with van der Waals surface area (Å²) in [6, 6.07) is 8.27. The van der Waals surface area contributed by atoms with Crippen molar-refractivity contribution in [2.24, 2.45) is 17.1 Å². The van der Waals surface area contributed by atoms with Crippen LogP contribution >= 0.6 is 0 Å². The van der Waals surface area contributed by atoms with Crippen LogP contribution in [0.1, 0.15) is 61.9 Å². The number of hydrogen-bond donors (Lipinski definition) is 3. The van der Waals surface area contributed by atoms with E-state index in [2.05, 4.69) is 10.3 Å². The number of pyridine rings is 1. The Morgan fingerprint density at radius 3 is 2.31 bits per heavy atom. The van der Waals surface area contributed by atoms with Crippen LogP contribution in [0.4, 0.5) is 13.2 Å². The second kappa shape index (κ2) is 10.5. The van der Waals surface area contributed by atoms with Crippen molar-refractivity contribution in [3.63, 3.8) is 0 Å². The molecule has 6 nitrogen and oxygen atoms in total. The third-order valence-corrected chi connectivity index (χ3v) is 6.64. The molecular weight excluding hydrogens is 459 g/mol. The van der Waals surface area contributed by atoms with Gasteiger partial charge in [0.25, 0.3) is 5.91 Å². The molecule has 4 N–H and O–H groups in total. The van der Waals surface area contributed by atoms with E-state index in [0.29, 0.717) is 29.7 Å². The van der Waals surface area contributed by atoms with Gasteiger partial charge in [-0.25, -0.2) is 0 Å². The van der Waals surface area contributed by atoms with Crippen LogP contribution in [0.3, 0.4) is 0 Å². The summed E-state index contributed by atoms with van der Waals surface area (Å²) in [4.78, 5) is 28.2. The molecule has 1 amide bonds. The molecule has 0 radical (unpaired) electrons. The normalized spacial score (nSPS) is 23.4. The number of alkyl halides is 3. The predicted octanol–water partition coefficient (Wildman–Crippen LogP) is 4.78. The summed E-state index contributed by atoms with van der Waals surface area (Å²) >= 11 is 0. The van der Waals surface area contributed by atoms with Crippen LogP contribution in [0.25, 0.3) is 5.57 Å². The van der Waals surface area contributed by atoms with Crippen molar-refractivity contribution in [1.82, 2.24) is 10.3 Å². The third-order valence-electron chi connectivity index (χ3n) is 6.64. The van der Waals surface area contributed by atoms with Crippen LogP contribution in [-0.4, -0.2) is 28.0 Å². The first-order chi connectivity index (χ1) is 16.6. The number of hydrogen-bond acceptors (Lipinski definition) is 4. The third kappa shape index (κ3) is 5.83. The molecule has 0 saturated heterocycles. The number of aliphatic carboxylic acids is 1. The zero-order chi connectivity index (χ0) is 25.8. The highest BCUT2D eigenvalue weighted by molar-refractivity contribution is 6.19. The van der Waals surface area contributed by atoms with Crippen molar-refractivity contribution in [3.05, 3.63) is 71.2 Å². The van der Waals surface area contributed by atoms with Crippen molar-refractivity contribution >= 4 is 17.4 Å². The average Bonchev–Trinajstić information content (AvgIpc) is 2.77. The van der Waals surface area contributed by atoms with E-state index in [1.165, 1.54) is 24.5 Å². The van der Waals surface area contributed by atoms with Gasteiger partial charge < -0.3 is 16.2 Å². The molecule has 1 heterocycles. The number of nitrogens with two attached hydrogens (primary N) is 1. The van der Waals surface area contributed by atoms with Gasteiger partial charge in [0.15, 0.2) is 0 Å². The molecule has 2 fully saturated rings. The minimum atomic E-state index is -4.40. The van der Waals surface area contributed by atoms with Gasteiger partial charge in [-0.2, -0.15) is 13.2 Å². The summed E-state index contributed by atoms with van der Waals surface area (Å²) < 4.78 is 38.4. The number of amides is 1. The number of carbonyl (C=O) groups excluding carboxylic acids is 1. The van der Waals surface area contributed by atoms with Gasteiger partial charge >= 0.3 is 12.1 Å². The van der Waals surface area contributed by atoms with Crippen molar-refractivity contribution in [2.45, 2.75) is 58.2 Å². The lowest BCUT2D eigenvalue weighted by Crippen LogP contribution is -2.57. The van der Waals surface area contributed by atoms with Gasteiger partial charge in [-0.3, -0.25) is 14.6 Å². The van der Waals surface area contributed by atoms with E-state index in [0.717, 1.165) is 25.0 Å². The van der Waals surface area contributed by atoms with Crippen LogP contribution in [0, 0.1) is 11.3 Å². The van der Waals surface area contributed by atoms with E-state index >= 15 is 0 Å². The van der Waals surface area contributed by atoms with Crippen molar-refractivity contribution in [1.29, 1.82) is 0 Å². The molecule has 2 aromatic rings. The van der Waals surface area contributed by atoms with Crippen LogP contribution in [-0.2, 0) is 22.2 Å². The van der Waals surface area contributed by atoms with E-state index in [1.807, 2.05) is 13.8 Å². The highest BCUT2D eigenvalue weighted by atomic mass is 19.4. The minimum absolute atomic E-state index is 0.0202. The first-order valence-electron chi connectivity index (χ1n) is 11.7. The Bertz CT molecular complexity index is 1080. The largest absolute Gasteiger partial charge is 0.481 e. The summed E-state index contributed by atoms with van der Waals surface area (Å²) in [6.45, 7) is 4.00. The van der Waals surface area contributed by atoms with Gasteiger partial charge in [0.1, 0.15) is 0 Å². The maximum absolute atomic E-state index is 12.9. The van der Waals surface area contributed by atoms with Crippen LogP contribution in [0.15, 0.2) is 48.8 Å². The zero-order valence-corrected chi connectivity index (χ0v) is 19.7. The number of nitrogens with one attached hydrogen (secondary N) is 1. The fraction of sp³-hybridized carbons (Fsp3) is 0.423. The molecule has 1 aromatic carbocycles. The lowest BCUT2D eigenvalue weighted by molar-refractivity contribution is -0.156. The molecule has 0 bridgehead atoms. The molecule has 4 rings (SSSR count). The standard InChI is InChI=1S/C24H24F3N3O3.C2H6/c25-24(26,27)17-5-3-14(4-6-17)8-15-2-1-7-29-20(15)19(13-28)21(31)30-18-11-23(12-18)9-16(10-23)22(32)33;1-2/h1-7,13,16,18H,8-12,28H2,(H,30,31)(H,32,33);1-2H3/b19-13+;. The minimum Gasteiger partial charge on any atom is -0.481 e. The first-order valence-corrected chi connectivity index (χ1v) is 11.7. The first kappa shape index (κ1) is 26.2. The van der Waals surface area contributed by atoms with Crippen LogP contribution in [0.5, 0.6) is 0 Å². The van der Waals surface area contributed by atoms with E-state index in [4.69, 9.17) is 10.8 Å². The molecule has 2 saturated carbocycles. The molecular formula is C26H30F3N3O3. The lowest BCUT2D eigenvalue weighted by Gasteiger charge is -2.56. The molecule has 188 valence electrons. The number of benzene rings is 1. The Balaban J connectivity index is 0.00000167. The highest BCUT2D eigenvalue weighted by Crippen LogP contribution is 2.58. The van der Waals surface area contributed by atoms with Gasteiger partial charge in [0, 0.05) is 18.4 Å². The zero-order valence-electron chi connectivity index (χ0n) is 19.7. The van der Waals surface area contributed by atoms with E-state index in [-0.39, 0.29) is 35.3 Å². The van der Waals surface area contributed by atoms with Gasteiger partial charge in [-0.1, -0.05) is 32.0 Å². The molecule has 1 aromatic heterocycles. The van der Waals surface area contributed by atoms with E-state index < -0.39 is 17.7 Å². The van der Waals surface area contributed by atoms with Gasteiger partial charge in [-0.05, 0) is 66.8 Å². The van der Waals surface area contributed by atoms with Crippen molar-refractivity contribution < 1.29 is 27.9 Å². The number of aromatic nitrogens is 1. The number of halogens is 3. The second-order valence-electron chi connectivity index (χ2n) is 8.98. The summed E-state index contributed by atoms with van der Waals surface area (Å²) in [5.41, 5.74) is 6.93. The smallest absolute Gasteiger partial charge is 0.416 e. The Morgan fingerprint density at radius 2 is 1.77 bits per heavy atom. The molecule has 9 heteroatoms. The summed E-state index contributed by atoms with van der Waals surface area (Å²) in [5.74, 6) is -1.43. The quantitative estimate of drug-likeness (QED) is 0.507. The summed E-state index contributed by atoms with van der Waals surface area (Å²) in [6.07, 6.45) is 1.36. The number of nitrogens with zero attached hydrogens (tertiary/aromatic N) is 1. The summed E-state index contributed by atoms with van der Waals surface area (Å²) in [5, 5.41) is 12.0. The Hall–Kier alpha value is -3.36. The lowest BCUT2D eigenvalue weighted by atomic mass is 9.50. The van der Waals surface area contributed by atoms with E-state index in [9.17, 15) is 22.8 Å². The Kier molecular flexibility index (Phi) is 7.87. The molecule has 0 aliphatic heterocycles. The van der Waals surface area contributed by atoms with Gasteiger partial charge in [-0.15, -0.1) is 0 Å². The number of carboxylic acids is 1. The molecule has 1 spiro atoms. The van der Waals surface area contributed by atoms with Crippen molar-refractivity contribution in [3.8, 4) is 0 Å². The van der Waals surface area contributed by atoms with Gasteiger partial charge in [0.2, 0.25) is 0 Å². The van der Waals surface area contributed by atoms with Crippen molar-refractivity contribution in [2.75, 3.05) is 0 Å². The summed E-state index contributed by atoms with van der Waals surface area (Å²) in [7, 11) is 0. The molecule has 0 unspecified atom stereocenters. The topological polar surface area (TPSA) is 105 Å². The maximum Gasteiger partial charge on any atom is 0.416 e. The maximum atomic E-state index is 12.9. The molecule has 0 atom stereocenters. The number of carbonyl (C=O) groups is 2. The monoisotopic (exact) mass is 489 g/mol. The SMILES string of the molecule is CC.N/C=C(/C(=O)NC1CC2(C1)CC(C(=O)O)C2)c1ncccc1Cc1ccc(C(F)(F)F)cc1. The fourth-order valence-corrected chi connectivity index (χ4v) is 4.96. The Morgan fingerprint density at radius 1 is 1.14 bits per heavy atom. The highest BCUT2D eigenvalue weighted by Gasteiger charge is 2.55. The second-order valence-corrected chi connectivity index (χ2v) is 8.98. The fourth-order valence-electron chi connectivity index (χ4n) is 4.96. The Labute approximate surface area is 202 Å². The molecule has 2 aliphatic carbocycles. The number of carboxylic acid groups (broad SMARTS) is 1. The number of rotatable bonds is 6.